The summed E-state index contributed by atoms with van der Waals surface area (Å²) in [5.74, 6) is 2.67. The summed E-state index contributed by atoms with van der Waals surface area (Å²) < 4.78 is 27.5. The Labute approximate surface area is 164 Å². The number of anilines is 1. The molecule has 2 aromatic carbocycles. The molecule has 0 bridgehead atoms. The number of nitrogen functional groups attached to an aromatic ring is 1. The molecule has 0 amide bonds. The number of rotatable bonds is 4. The van der Waals surface area contributed by atoms with Crippen LogP contribution < -0.4 is 11.6 Å². The van der Waals surface area contributed by atoms with Crippen LogP contribution in [0.1, 0.15) is 22.8 Å². The number of benzene rings is 2. The molecule has 9 heteroatoms. The lowest BCUT2D eigenvalue weighted by Crippen LogP contribution is -2.06. The number of nitrogens with two attached hydrogens (primary N) is 2. The van der Waals surface area contributed by atoms with Crippen LogP contribution in [0.3, 0.4) is 0 Å². The first kappa shape index (κ1) is 19.7. The molecule has 0 unspecified atom stereocenters. The number of pyridine rings is 1. The van der Waals surface area contributed by atoms with Crippen LogP contribution in [0.2, 0.25) is 0 Å². The molecule has 0 atom stereocenters. The molecule has 7 nitrogen and oxygen atoms in total. The highest BCUT2D eigenvalue weighted by atomic mass is 19.2. The fourth-order valence-electron chi connectivity index (χ4n) is 2.73. The number of ketones is 1. The topological polar surface area (TPSA) is 119 Å². The van der Waals surface area contributed by atoms with Crippen LogP contribution in [0.15, 0.2) is 70.1 Å². The quantitative estimate of drug-likeness (QED) is 0.172. The minimum Gasteiger partial charge on any atom is -0.383 e. The third-order valence-corrected chi connectivity index (χ3v) is 4.09. The molecule has 0 aliphatic carbocycles. The van der Waals surface area contributed by atoms with E-state index in [1.807, 2.05) is 0 Å². The Kier molecular flexibility index (Phi) is 5.68. The van der Waals surface area contributed by atoms with Gasteiger partial charge in [-0.1, -0.05) is 35.6 Å². The number of halogens is 2. The first-order valence-corrected chi connectivity index (χ1v) is 8.42. The molecule has 146 valence electrons. The average Bonchev–Trinajstić information content (AvgIpc) is 2.71. The maximum atomic E-state index is 14.0. The first-order chi connectivity index (χ1) is 13.9. The zero-order valence-electron chi connectivity index (χ0n) is 15.3. The van der Waals surface area contributed by atoms with Crippen LogP contribution in [-0.2, 0) is 0 Å². The van der Waals surface area contributed by atoms with Gasteiger partial charge in [-0.2, -0.15) is 0 Å². The van der Waals surface area contributed by atoms with E-state index in [-0.39, 0.29) is 28.7 Å². The van der Waals surface area contributed by atoms with Crippen LogP contribution in [0, 0.1) is 11.6 Å². The van der Waals surface area contributed by atoms with E-state index in [2.05, 4.69) is 20.3 Å². The monoisotopic (exact) mass is 394 g/mol. The van der Waals surface area contributed by atoms with E-state index >= 15 is 0 Å². The minimum atomic E-state index is -1.15. The van der Waals surface area contributed by atoms with Gasteiger partial charge in [0.15, 0.2) is 23.3 Å². The number of hydrogen-bond donors (Lipinski definition) is 2. The molecule has 3 rings (SSSR count). The summed E-state index contributed by atoms with van der Waals surface area (Å²) >= 11 is 0. The molecule has 0 saturated heterocycles. The summed E-state index contributed by atoms with van der Waals surface area (Å²) in [5, 5.41) is 6.88. The molecule has 29 heavy (non-hydrogen) atoms. The van der Waals surface area contributed by atoms with Crippen LogP contribution in [-0.4, -0.2) is 16.6 Å². The highest BCUT2D eigenvalue weighted by Crippen LogP contribution is 2.28. The molecule has 0 fully saturated rings. The van der Waals surface area contributed by atoms with Gasteiger partial charge in [0, 0.05) is 17.3 Å². The van der Waals surface area contributed by atoms with Gasteiger partial charge in [0.2, 0.25) is 0 Å². The molecule has 0 aliphatic rings. The molecule has 3 aromatic rings. The van der Waals surface area contributed by atoms with Gasteiger partial charge in [-0.15, -0.1) is 5.11 Å². The number of Topliss-reactive ketones (excluding diaryl/α,β-unsaturated/α-hetero) is 1. The number of amidine groups is 1. The van der Waals surface area contributed by atoms with Gasteiger partial charge < -0.3 is 11.6 Å². The predicted octanol–water partition coefficient (Wildman–Crippen LogP) is 4.22. The van der Waals surface area contributed by atoms with Crippen molar-refractivity contribution in [3.05, 3.63) is 77.5 Å². The summed E-state index contributed by atoms with van der Waals surface area (Å²) in [4.78, 5) is 20.1. The minimum absolute atomic E-state index is 0.0250. The molecular weight excluding hydrogens is 378 g/mol. The number of hydrogen-bond acceptors (Lipinski definition) is 5. The van der Waals surface area contributed by atoms with Crippen molar-refractivity contribution < 1.29 is 13.6 Å². The van der Waals surface area contributed by atoms with Crippen LogP contribution >= 0.6 is 0 Å². The van der Waals surface area contributed by atoms with Gasteiger partial charge in [-0.25, -0.2) is 18.8 Å². The van der Waals surface area contributed by atoms with Gasteiger partial charge in [-0.05, 0) is 30.7 Å². The average molecular weight is 394 g/mol. The molecule has 1 aromatic heterocycles. The lowest BCUT2D eigenvalue weighted by atomic mass is 9.97. The number of aromatic nitrogens is 1. The SMILES string of the molecule is CC(=O)c1ccccc1-c1cnc(N)c(C(N=NN)=Nc2cccc(F)c2F)c1. The Bertz CT molecular complexity index is 1140. The third-order valence-electron chi connectivity index (χ3n) is 4.09. The smallest absolute Gasteiger partial charge is 0.187 e. The van der Waals surface area contributed by atoms with E-state index in [0.29, 0.717) is 16.7 Å². The van der Waals surface area contributed by atoms with Crippen molar-refractivity contribution in [2.75, 3.05) is 5.73 Å². The number of aliphatic imine (C=N–C) groups is 1. The van der Waals surface area contributed by atoms with Crippen LogP contribution in [0.25, 0.3) is 11.1 Å². The zero-order chi connectivity index (χ0) is 21.0. The highest BCUT2D eigenvalue weighted by Gasteiger charge is 2.16. The maximum Gasteiger partial charge on any atom is 0.187 e. The van der Waals surface area contributed by atoms with E-state index in [1.165, 1.54) is 25.3 Å². The Morgan fingerprint density at radius 2 is 1.83 bits per heavy atom. The van der Waals surface area contributed by atoms with Gasteiger partial charge in [0.05, 0.1) is 5.56 Å². The summed E-state index contributed by atoms with van der Waals surface area (Å²) in [5.41, 5.74) is 7.50. The molecule has 0 aliphatic heterocycles. The Morgan fingerprint density at radius 1 is 1.07 bits per heavy atom. The number of nitrogens with zero attached hydrogens (tertiary/aromatic N) is 4. The first-order valence-electron chi connectivity index (χ1n) is 8.42. The summed E-state index contributed by atoms with van der Waals surface area (Å²) in [7, 11) is 0. The van der Waals surface area contributed by atoms with Crippen molar-refractivity contribution in [2.24, 2.45) is 21.2 Å². The van der Waals surface area contributed by atoms with Crippen LogP contribution in [0.4, 0.5) is 20.3 Å². The van der Waals surface area contributed by atoms with Crippen molar-refractivity contribution in [1.29, 1.82) is 0 Å². The van der Waals surface area contributed by atoms with Crippen molar-refractivity contribution >= 4 is 23.1 Å². The van der Waals surface area contributed by atoms with Gasteiger partial charge in [0.1, 0.15) is 11.5 Å². The molecule has 4 N–H and O–H groups in total. The van der Waals surface area contributed by atoms with E-state index < -0.39 is 11.6 Å². The Hall–Kier alpha value is -4.01. The lowest BCUT2D eigenvalue weighted by Gasteiger charge is -2.10. The normalized spacial score (nSPS) is 11.8. The Balaban J connectivity index is 2.19. The molecule has 0 radical (unpaired) electrons. The highest BCUT2D eigenvalue weighted by molar-refractivity contribution is 6.06. The Morgan fingerprint density at radius 3 is 2.55 bits per heavy atom. The van der Waals surface area contributed by atoms with E-state index in [4.69, 9.17) is 11.6 Å². The third kappa shape index (κ3) is 4.13. The van der Waals surface area contributed by atoms with Crippen molar-refractivity contribution in [1.82, 2.24) is 4.98 Å². The summed E-state index contributed by atoms with van der Waals surface area (Å²) in [6.07, 6.45) is 1.49. The van der Waals surface area contributed by atoms with Gasteiger partial charge >= 0.3 is 0 Å². The zero-order valence-corrected chi connectivity index (χ0v) is 15.3. The van der Waals surface area contributed by atoms with Crippen molar-refractivity contribution in [3.63, 3.8) is 0 Å². The second-order valence-electron chi connectivity index (χ2n) is 5.98. The number of carbonyl (C=O) groups excluding carboxylic acids is 1. The van der Waals surface area contributed by atoms with E-state index in [9.17, 15) is 13.6 Å². The summed E-state index contributed by atoms with van der Waals surface area (Å²) in [6.45, 7) is 1.45. The van der Waals surface area contributed by atoms with E-state index in [1.54, 1.807) is 30.3 Å². The number of carbonyl (C=O) groups is 1. The van der Waals surface area contributed by atoms with E-state index in [0.717, 1.165) is 6.07 Å². The van der Waals surface area contributed by atoms with Gasteiger partial charge in [-0.3, -0.25) is 4.79 Å². The van der Waals surface area contributed by atoms with Crippen molar-refractivity contribution in [3.8, 4) is 11.1 Å². The second kappa shape index (κ2) is 8.34. The molecular formula is C20H16F2N6O. The molecule has 0 spiro atoms. The maximum absolute atomic E-state index is 14.0. The van der Waals surface area contributed by atoms with Crippen molar-refractivity contribution in [2.45, 2.75) is 6.92 Å². The van der Waals surface area contributed by atoms with Crippen LogP contribution in [0.5, 0.6) is 0 Å². The van der Waals surface area contributed by atoms with Gasteiger partial charge in [0.25, 0.3) is 0 Å². The molecule has 0 saturated carbocycles. The summed E-state index contributed by atoms with van der Waals surface area (Å²) in [6, 6.07) is 12.1. The fourth-order valence-corrected chi connectivity index (χ4v) is 2.73. The lowest BCUT2D eigenvalue weighted by molar-refractivity contribution is 0.101. The predicted molar refractivity (Wildman–Crippen MR) is 106 cm³/mol. The molecule has 1 heterocycles. The standard InChI is InChI=1S/C20H16F2N6O/c1-11(29)13-5-2-3-6-14(13)12-9-15(19(23)25-10-12)20(27-28-24)26-17-8-4-7-16(21)18(17)22/h2-10H,1H3,(H2,23,25)(H2,24,26,27). The largest absolute Gasteiger partial charge is 0.383 e. The second-order valence-corrected chi connectivity index (χ2v) is 5.98. The fraction of sp³-hybridized carbons (Fsp3) is 0.0500.